The Bertz CT molecular complexity index is 720. The van der Waals surface area contributed by atoms with Crippen LogP contribution in [0.1, 0.15) is 33.3 Å². The molecular weight excluding hydrogens is 324 g/mol. The molecule has 0 N–H and O–H groups in total. The van der Waals surface area contributed by atoms with Crippen LogP contribution in [0.2, 0.25) is 0 Å². The lowest BCUT2D eigenvalue weighted by Crippen LogP contribution is -2.55. The highest BCUT2D eigenvalue weighted by molar-refractivity contribution is 5.70. The SMILES string of the molecule is C[C@@H]1CN(c2ccc([N+](=O)[O-])cc2C#N)CCN1C(=O)OC(C)(C)C. The normalized spacial score (nSPS) is 17.8. The Kier molecular flexibility index (Phi) is 5.16. The minimum Gasteiger partial charge on any atom is -0.444 e. The highest BCUT2D eigenvalue weighted by Crippen LogP contribution is 2.27. The van der Waals surface area contributed by atoms with Crippen molar-refractivity contribution in [1.29, 1.82) is 5.26 Å². The zero-order valence-corrected chi connectivity index (χ0v) is 14.9. The molecule has 1 amide bonds. The maximum absolute atomic E-state index is 12.3. The van der Waals surface area contributed by atoms with Crippen LogP contribution < -0.4 is 4.90 Å². The van der Waals surface area contributed by atoms with Crippen LogP contribution in [0.15, 0.2) is 18.2 Å². The molecule has 0 unspecified atom stereocenters. The summed E-state index contributed by atoms with van der Waals surface area (Å²) in [6.07, 6.45) is -0.358. The number of nitriles is 1. The predicted octanol–water partition coefficient (Wildman–Crippen LogP) is 2.91. The van der Waals surface area contributed by atoms with Crippen LogP contribution in [-0.2, 0) is 4.74 Å². The first-order valence-electron chi connectivity index (χ1n) is 8.05. The number of ether oxygens (including phenoxy) is 1. The fraction of sp³-hybridized carbons (Fsp3) is 0.529. The van der Waals surface area contributed by atoms with Crippen LogP contribution in [0.3, 0.4) is 0 Å². The van der Waals surface area contributed by atoms with Gasteiger partial charge in [0, 0.05) is 37.8 Å². The quantitative estimate of drug-likeness (QED) is 0.603. The zero-order valence-electron chi connectivity index (χ0n) is 14.9. The van der Waals surface area contributed by atoms with Crippen molar-refractivity contribution in [2.75, 3.05) is 24.5 Å². The molecule has 1 aliphatic heterocycles. The van der Waals surface area contributed by atoms with Gasteiger partial charge in [0.15, 0.2) is 0 Å². The number of nitrogens with zero attached hydrogens (tertiary/aromatic N) is 4. The largest absolute Gasteiger partial charge is 0.444 e. The third-order valence-electron chi connectivity index (χ3n) is 3.91. The smallest absolute Gasteiger partial charge is 0.410 e. The number of nitro benzene ring substituents is 1. The second-order valence-electron chi connectivity index (χ2n) is 7.04. The summed E-state index contributed by atoms with van der Waals surface area (Å²) in [6.45, 7) is 8.87. The lowest BCUT2D eigenvalue weighted by atomic mass is 10.1. The van der Waals surface area contributed by atoms with E-state index in [1.807, 2.05) is 38.7 Å². The van der Waals surface area contributed by atoms with Crippen molar-refractivity contribution in [3.8, 4) is 6.07 Å². The van der Waals surface area contributed by atoms with E-state index in [-0.39, 0.29) is 23.4 Å². The molecule has 8 heteroatoms. The molecule has 1 saturated heterocycles. The zero-order chi connectivity index (χ0) is 18.8. The van der Waals surface area contributed by atoms with Crippen molar-refractivity contribution in [3.05, 3.63) is 33.9 Å². The molecule has 25 heavy (non-hydrogen) atoms. The molecule has 1 fully saturated rings. The summed E-state index contributed by atoms with van der Waals surface area (Å²) in [5.41, 5.74) is 0.233. The number of hydrogen-bond donors (Lipinski definition) is 0. The molecule has 0 saturated carbocycles. The number of carbonyl (C=O) groups excluding carboxylic acids is 1. The maximum atomic E-state index is 12.3. The highest BCUT2D eigenvalue weighted by atomic mass is 16.6. The lowest BCUT2D eigenvalue weighted by Gasteiger charge is -2.41. The van der Waals surface area contributed by atoms with Crippen LogP contribution in [0.5, 0.6) is 0 Å². The van der Waals surface area contributed by atoms with Crippen molar-refractivity contribution in [1.82, 2.24) is 4.90 Å². The van der Waals surface area contributed by atoms with Crippen molar-refractivity contribution >= 4 is 17.5 Å². The van der Waals surface area contributed by atoms with E-state index < -0.39 is 10.5 Å². The highest BCUT2D eigenvalue weighted by Gasteiger charge is 2.31. The lowest BCUT2D eigenvalue weighted by molar-refractivity contribution is -0.384. The van der Waals surface area contributed by atoms with Crippen LogP contribution >= 0.6 is 0 Å². The Hall–Kier alpha value is -2.82. The van der Waals surface area contributed by atoms with Gasteiger partial charge in [-0.2, -0.15) is 5.26 Å². The van der Waals surface area contributed by atoms with Gasteiger partial charge in [0.2, 0.25) is 0 Å². The van der Waals surface area contributed by atoms with E-state index in [1.165, 1.54) is 12.1 Å². The van der Waals surface area contributed by atoms with Gasteiger partial charge in [0.05, 0.1) is 16.2 Å². The monoisotopic (exact) mass is 346 g/mol. The first-order valence-corrected chi connectivity index (χ1v) is 8.05. The number of nitro groups is 1. The van der Waals surface area contributed by atoms with Gasteiger partial charge in [0.1, 0.15) is 11.7 Å². The van der Waals surface area contributed by atoms with Crippen molar-refractivity contribution in [2.24, 2.45) is 0 Å². The third-order valence-corrected chi connectivity index (χ3v) is 3.91. The molecule has 0 aliphatic carbocycles. The first kappa shape index (κ1) is 18.5. The van der Waals surface area contributed by atoms with E-state index in [0.29, 0.717) is 25.3 Å². The van der Waals surface area contributed by atoms with Gasteiger partial charge in [-0.1, -0.05) is 0 Å². The number of amides is 1. The fourth-order valence-electron chi connectivity index (χ4n) is 2.77. The molecule has 1 aliphatic rings. The van der Waals surface area contributed by atoms with Gasteiger partial charge in [0.25, 0.3) is 5.69 Å². The van der Waals surface area contributed by atoms with Gasteiger partial charge in [-0.3, -0.25) is 10.1 Å². The summed E-state index contributed by atoms with van der Waals surface area (Å²) in [5, 5.41) is 20.2. The van der Waals surface area contributed by atoms with E-state index in [9.17, 15) is 20.2 Å². The van der Waals surface area contributed by atoms with Crippen LogP contribution in [-0.4, -0.2) is 47.2 Å². The molecule has 134 valence electrons. The number of carbonyl (C=O) groups is 1. The van der Waals surface area contributed by atoms with Crippen molar-refractivity contribution in [2.45, 2.75) is 39.3 Å². The van der Waals surface area contributed by atoms with E-state index in [4.69, 9.17) is 4.74 Å². The summed E-state index contributed by atoms with van der Waals surface area (Å²) in [6, 6.07) is 6.17. The van der Waals surface area contributed by atoms with Gasteiger partial charge < -0.3 is 14.5 Å². The summed E-state index contributed by atoms with van der Waals surface area (Å²) < 4.78 is 5.42. The minimum absolute atomic E-state index is 0.106. The standard InChI is InChI=1S/C17H22N4O4/c1-12-11-19(7-8-20(12)16(22)25-17(2,3)4)15-6-5-14(21(23)24)9-13(15)10-18/h5-6,9,12H,7-8,11H2,1-4H3/t12-/m1/s1. The molecule has 0 spiro atoms. The Morgan fingerprint density at radius 1 is 1.40 bits per heavy atom. The second-order valence-corrected chi connectivity index (χ2v) is 7.04. The number of rotatable bonds is 2. The number of non-ortho nitro benzene ring substituents is 1. The summed E-state index contributed by atoms with van der Waals surface area (Å²) in [4.78, 5) is 26.2. The van der Waals surface area contributed by atoms with Gasteiger partial charge >= 0.3 is 6.09 Å². The number of piperazine rings is 1. The Morgan fingerprint density at radius 3 is 2.60 bits per heavy atom. The molecular formula is C17H22N4O4. The summed E-state index contributed by atoms with van der Waals surface area (Å²) in [5.74, 6) is 0. The Balaban J connectivity index is 2.14. The van der Waals surface area contributed by atoms with Crippen LogP contribution in [0.25, 0.3) is 0 Å². The molecule has 1 aromatic rings. The molecule has 1 atom stereocenters. The van der Waals surface area contributed by atoms with Crippen LogP contribution in [0.4, 0.5) is 16.2 Å². The average Bonchev–Trinajstić information content (AvgIpc) is 2.52. The molecule has 8 nitrogen and oxygen atoms in total. The molecule has 1 heterocycles. The topological polar surface area (TPSA) is 99.7 Å². The molecule has 2 rings (SSSR count). The van der Waals surface area contributed by atoms with Gasteiger partial charge in [-0.15, -0.1) is 0 Å². The molecule has 0 bridgehead atoms. The summed E-state index contributed by atoms with van der Waals surface area (Å²) in [7, 11) is 0. The number of hydrogen-bond acceptors (Lipinski definition) is 6. The fourth-order valence-corrected chi connectivity index (χ4v) is 2.77. The van der Waals surface area contributed by atoms with E-state index in [0.717, 1.165) is 0 Å². The molecule has 0 aromatic heterocycles. The number of benzene rings is 1. The Labute approximate surface area is 146 Å². The summed E-state index contributed by atoms with van der Waals surface area (Å²) >= 11 is 0. The predicted molar refractivity (Wildman–Crippen MR) is 92.4 cm³/mol. The van der Waals surface area contributed by atoms with Gasteiger partial charge in [-0.05, 0) is 33.8 Å². The second kappa shape index (κ2) is 6.97. The average molecular weight is 346 g/mol. The molecule has 1 aromatic carbocycles. The van der Waals surface area contributed by atoms with E-state index >= 15 is 0 Å². The minimum atomic E-state index is -0.555. The van der Waals surface area contributed by atoms with Crippen molar-refractivity contribution < 1.29 is 14.5 Å². The Morgan fingerprint density at radius 2 is 2.08 bits per heavy atom. The maximum Gasteiger partial charge on any atom is 0.410 e. The molecule has 0 radical (unpaired) electrons. The van der Waals surface area contributed by atoms with Crippen molar-refractivity contribution in [3.63, 3.8) is 0 Å². The van der Waals surface area contributed by atoms with Gasteiger partial charge in [-0.25, -0.2) is 4.79 Å². The van der Waals surface area contributed by atoms with E-state index in [1.54, 1.807) is 11.0 Å². The number of anilines is 1. The first-order chi connectivity index (χ1) is 11.6. The van der Waals surface area contributed by atoms with Crippen LogP contribution in [0, 0.1) is 21.4 Å². The third kappa shape index (κ3) is 4.38. The van der Waals surface area contributed by atoms with E-state index in [2.05, 4.69) is 0 Å².